The predicted molar refractivity (Wildman–Crippen MR) is 63.1 cm³/mol. The molecular weight excluding hydrogens is 218 g/mol. The van der Waals surface area contributed by atoms with E-state index in [1.54, 1.807) is 29.2 Å². The summed E-state index contributed by atoms with van der Waals surface area (Å²) >= 11 is 0. The highest BCUT2D eigenvalue weighted by Gasteiger charge is 2.25. The van der Waals surface area contributed by atoms with Crippen molar-refractivity contribution < 1.29 is 14.3 Å². The van der Waals surface area contributed by atoms with E-state index >= 15 is 0 Å². The number of amides is 1. The van der Waals surface area contributed by atoms with Crippen molar-refractivity contribution in [2.24, 2.45) is 0 Å². The number of hydrogen-bond acceptors (Lipinski definition) is 3. The topological polar surface area (TPSA) is 46.6 Å². The Kier molecular flexibility index (Phi) is 3.42. The highest BCUT2D eigenvalue weighted by atomic mass is 16.5. The number of ether oxygens (including phenoxy) is 1. The first-order valence-corrected chi connectivity index (χ1v) is 5.70. The van der Waals surface area contributed by atoms with Crippen LogP contribution in [-0.4, -0.2) is 36.8 Å². The van der Waals surface area contributed by atoms with Crippen LogP contribution in [0.25, 0.3) is 0 Å². The molecular formula is C13H15NO3. The average Bonchev–Trinajstić information content (AvgIpc) is 2.91. The largest absolute Gasteiger partial charge is 0.497 e. The second-order valence-corrected chi connectivity index (χ2v) is 4.06. The summed E-state index contributed by atoms with van der Waals surface area (Å²) in [5.41, 5.74) is 0.390. The zero-order valence-corrected chi connectivity index (χ0v) is 9.81. The molecule has 1 heterocycles. The second kappa shape index (κ2) is 4.99. The van der Waals surface area contributed by atoms with Crippen LogP contribution in [0.3, 0.4) is 0 Å². The van der Waals surface area contributed by atoms with Crippen LogP contribution < -0.4 is 4.74 Å². The lowest BCUT2D eigenvalue weighted by molar-refractivity contribution is -0.125. The summed E-state index contributed by atoms with van der Waals surface area (Å²) in [5, 5.41) is 0. The third-order valence-electron chi connectivity index (χ3n) is 2.92. The summed E-state index contributed by atoms with van der Waals surface area (Å²) in [6, 6.07) is 6.69. The molecule has 2 rings (SSSR count). The molecule has 0 spiro atoms. The summed E-state index contributed by atoms with van der Waals surface area (Å²) in [4.78, 5) is 25.4. The Morgan fingerprint density at radius 3 is 2.59 bits per heavy atom. The van der Waals surface area contributed by atoms with Gasteiger partial charge in [0.1, 0.15) is 5.75 Å². The van der Waals surface area contributed by atoms with Gasteiger partial charge in [0.15, 0.2) is 0 Å². The van der Waals surface area contributed by atoms with Crippen molar-refractivity contribution >= 4 is 11.7 Å². The molecule has 4 heteroatoms. The molecule has 0 bridgehead atoms. The van der Waals surface area contributed by atoms with Gasteiger partial charge in [0.05, 0.1) is 7.11 Å². The van der Waals surface area contributed by atoms with Crippen molar-refractivity contribution in [3.8, 4) is 5.75 Å². The minimum atomic E-state index is -0.453. The van der Waals surface area contributed by atoms with Crippen LogP contribution in [0.15, 0.2) is 24.3 Å². The van der Waals surface area contributed by atoms with E-state index in [-0.39, 0.29) is 0 Å². The van der Waals surface area contributed by atoms with Gasteiger partial charge < -0.3 is 9.64 Å². The van der Waals surface area contributed by atoms with Crippen LogP contribution in [0.2, 0.25) is 0 Å². The molecule has 90 valence electrons. The van der Waals surface area contributed by atoms with Crippen molar-refractivity contribution in [3.63, 3.8) is 0 Å². The number of Topliss-reactive ketones (excluding diaryl/α,β-unsaturated/α-hetero) is 1. The molecule has 0 radical (unpaired) electrons. The molecule has 1 aliphatic heterocycles. The Labute approximate surface area is 100 Å². The molecule has 1 amide bonds. The van der Waals surface area contributed by atoms with Gasteiger partial charge in [0.2, 0.25) is 0 Å². The fourth-order valence-electron chi connectivity index (χ4n) is 1.95. The zero-order chi connectivity index (χ0) is 12.3. The average molecular weight is 233 g/mol. The smallest absolute Gasteiger partial charge is 0.294 e. The van der Waals surface area contributed by atoms with Crippen molar-refractivity contribution in [1.82, 2.24) is 4.90 Å². The Balaban J connectivity index is 2.15. The van der Waals surface area contributed by atoms with Gasteiger partial charge in [-0.05, 0) is 25.0 Å². The van der Waals surface area contributed by atoms with E-state index in [1.165, 1.54) is 7.11 Å². The third-order valence-corrected chi connectivity index (χ3v) is 2.92. The summed E-state index contributed by atoms with van der Waals surface area (Å²) in [6.45, 7) is 1.38. The molecule has 17 heavy (non-hydrogen) atoms. The molecule has 4 nitrogen and oxygen atoms in total. The highest BCUT2D eigenvalue weighted by Crippen LogP contribution is 2.15. The van der Waals surface area contributed by atoms with Gasteiger partial charge in [-0.3, -0.25) is 9.59 Å². The minimum Gasteiger partial charge on any atom is -0.497 e. The summed E-state index contributed by atoms with van der Waals surface area (Å²) in [6.07, 6.45) is 1.97. The Hall–Kier alpha value is -1.84. The van der Waals surface area contributed by atoms with E-state index in [4.69, 9.17) is 4.74 Å². The molecule has 0 aromatic heterocycles. The van der Waals surface area contributed by atoms with E-state index in [2.05, 4.69) is 0 Å². The van der Waals surface area contributed by atoms with E-state index in [0.29, 0.717) is 24.4 Å². The van der Waals surface area contributed by atoms with Crippen LogP contribution in [0, 0.1) is 0 Å². The molecule has 1 aromatic carbocycles. The number of nitrogens with zero attached hydrogens (tertiary/aromatic N) is 1. The molecule has 0 atom stereocenters. The van der Waals surface area contributed by atoms with Gasteiger partial charge in [-0.25, -0.2) is 0 Å². The number of ketones is 1. The Bertz CT molecular complexity index is 436. The molecule has 0 unspecified atom stereocenters. The molecule has 1 aromatic rings. The maximum atomic E-state index is 12.0. The number of hydrogen-bond donors (Lipinski definition) is 0. The fourth-order valence-corrected chi connectivity index (χ4v) is 1.95. The van der Waals surface area contributed by atoms with Gasteiger partial charge in [0.25, 0.3) is 11.7 Å². The maximum Gasteiger partial charge on any atom is 0.294 e. The number of methoxy groups -OCH3 is 1. The predicted octanol–water partition coefficient (Wildman–Crippen LogP) is 1.50. The summed E-state index contributed by atoms with van der Waals surface area (Å²) in [7, 11) is 1.53. The van der Waals surface area contributed by atoms with E-state index < -0.39 is 11.7 Å². The first-order valence-electron chi connectivity index (χ1n) is 5.70. The van der Waals surface area contributed by atoms with Crippen molar-refractivity contribution in [2.45, 2.75) is 12.8 Å². The number of benzene rings is 1. The zero-order valence-electron chi connectivity index (χ0n) is 9.81. The first kappa shape index (κ1) is 11.6. The van der Waals surface area contributed by atoms with Crippen LogP contribution >= 0.6 is 0 Å². The molecule has 1 aliphatic rings. The number of carbonyl (C=O) groups is 2. The lowest BCUT2D eigenvalue weighted by atomic mass is 10.1. The summed E-state index contributed by atoms with van der Waals surface area (Å²) < 4.78 is 5.03. The van der Waals surface area contributed by atoms with Gasteiger partial charge in [-0.2, -0.15) is 0 Å². The van der Waals surface area contributed by atoms with Crippen molar-refractivity contribution in [2.75, 3.05) is 20.2 Å². The van der Waals surface area contributed by atoms with Gasteiger partial charge in [-0.1, -0.05) is 12.1 Å². The van der Waals surface area contributed by atoms with Gasteiger partial charge in [-0.15, -0.1) is 0 Å². The lowest BCUT2D eigenvalue weighted by Gasteiger charge is -2.14. The Morgan fingerprint density at radius 1 is 1.24 bits per heavy atom. The van der Waals surface area contributed by atoms with Crippen LogP contribution in [0.5, 0.6) is 5.75 Å². The number of rotatable bonds is 3. The quantitative estimate of drug-likeness (QED) is 0.587. The fraction of sp³-hybridized carbons (Fsp3) is 0.385. The minimum absolute atomic E-state index is 0.390. The van der Waals surface area contributed by atoms with Gasteiger partial charge in [0, 0.05) is 18.7 Å². The maximum absolute atomic E-state index is 12.0. The lowest BCUT2D eigenvalue weighted by Crippen LogP contribution is -2.34. The summed E-state index contributed by atoms with van der Waals surface area (Å²) in [5.74, 6) is -0.272. The normalized spacial score (nSPS) is 14.8. The Morgan fingerprint density at radius 2 is 1.94 bits per heavy atom. The molecule has 1 saturated heterocycles. The standard InChI is InChI=1S/C13H15NO3/c1-17-11-6-4-5-10(9-11)12(15)13(16)14-7-2-3-8-14/h4-6,9H,2-3,7-8H2,1H3. The molecule has 0 N–H and O–H groups in total. The molecule has 0 saturated carbocycles. The SMILES string of the molecule is COc1cccc(C(=O)C(=O)N2CCCC2)c1. The number of likely N-dealkylation sites (tertiary alicyclic amines) is 1. The molecule has 1 fully saturated rings. The van der Waals surface area contributed by atoms with E-state index in [9.17, 15) is 9.59 Å². The van der Waals surface area contributed by atoms with Crippen LogP contribution in [0.4, 0.5) is 0 Å². The highest BCUT2D eigenvalue weighted by molar-refractivity contribution is 6.42. The third kappa shape index (κ3) is 2.46. The second-order valence-electron chi connectivity index (χ2n) is 4.06. The first-order chi connectivity index (χ1) is 8.22. The van der Waals surface area contributed by atoms with E-state index in [1.807, 2.05) is 0 Å². The molecule has 0 aliphatic carbocycles. The van der Waals surface area contributed by atoms with Crippen molar-refractivity contribution in [1.29, 1.82) is 0 Å². The number of carbonyl (C=O) groups excluding carboxylic acids is 2. The van der Waals surface area contributed by atoms with Crippen molar-refractivity contribution in [3.05, 3.63) is 29.8 Å². The van der Waals surface area contributed by atoms with Gasteiger partial charge >= 0.3 is 0 Å². The van der Waals surface area contributed by atoms with Crippen LogP contribution in [0.1, 0.15) is 23.2 Å². The van der Waals surface area contributed by atoms with Crippen LogP contribution in [-0.2, 0) is 4.79 Å². The van der Waals surface area contributed by atoms with E-state index in [0.717, 1.165) is 12.8 Å². The monoisotopic (exact) mass is 233 g/mol.